The minimum atomic E-state index is -4.67. The Balaban J connectivity index is 2.97. The molecule has 0 aliphatic heterocycles. The first-order valence-electron chi connectivity index (χ1n) is 3.52. The molecule has 0 radical (unpaired) electrons. The van der Waals surface area contributed by atoms with Gasteiger partial charge in [-0.1, -0.05) is 0 Å². The van der Waals surface area contributed by atoms with E-state index < -0.39 is 6.36 Å². The maximum absolute atomic E-state index is 11.9. The number of alkyl halides is 4. The first kappa shape index (κ1) is 11.9. The summed E-state index contributed by atoms with van der Waals surface area (Å²) in [6, 6.07) is 4.33. The zero-order valence-corrected chi connectivity index (χ0v) is 9.65. The van der Waals surface area contributed by atoms with Crippen molar-refractivity contribution in [1.82, 2.24) is 0 Å². The van der Waals surface area contributed by atoms with Crippen LogP contribution in [0.4, 0.5) is 13.2 Å². The Morgan fingerprint density at radius 2 is 2.00 bits per heavy atom. The normalized spacial score (nSPS) is 11.5. The van der Waals surface area contributed by atoms with E-state index in [2.05, 4.69) is 4.74 Å². The average Bonchev–Trinajstić information content (AvgIpc) is 2.06. The lowest BCUT2D eigenvalue weighted by Crippen LogP contribution is -2.18. The first-order valence-corrected chi connectivity index (χ1v) is 5.14. The molecule has 6 heteroatoms. The lowest BCUT2D eigenvalue weighted by atomic mass is 10.2. The van der Waals surface area contributed by atoms with Crippen LogP contribution in [0.25, 0.3) is 0 Å². The predicted molar refractivity (Wildman–Crippen MR) is 55.4 cm³/mol. The molecule has 0 saturated heterocycles. The predicted octanol–water partition coefficient (Wildman–Crippen LogP) is 3.93. The average molecular weight is 336 g/mol. The van der Waals surface area contributed by atoms with Crippen LogP contribution in [-0.4, -0.2) is 6.36 Å². The minimum Gasteiger partial charge on any atom is -0.405 e. The van der Waals surface area contributed by atoms with Crippen molar-refractivity contribution in [2.45, 2.75) is 12.2 Å². The van der Waals surface area contributed by atoms with Crippen LogP contribution in [0.5, 0.6) is 5.75 Å². The van der Waals surface area contributed by atoms with Gasteiger partial charge in [0.15, 0.2) is 0 Å². The van der Waals surface area contributed by atoms with Crippen LogP contribution >= 0.6 is 34.2 Å². The van der Waals surface area contributed by atoms with Gasteiger partial charge in [-0.25, -0.2) is 0 Å². The number of hydrogen-bond acceptors (Lipinski definition) is 1. The van der Waals surface area contributed by atoms with Crippen molar-refractivity contribution in [2.24, 2.45) is 0 Å². The number of ether oxygens (including phenoxy) is 1. The third kappa shape index (κ3) is 3.53. The quantitative estimate of drug-likeness (QED) is 0.587. The Morgan fingerprint density at radius 1 is 1.36 bits per heavy atom. The molecule has 1 rings (SSSR count). The van der Waals surface area contributed by atoms with Crippen LogP contribution < -0.4 is 4.74 Å². The Hall–Kier alpha value is -0.170. The molecule has 0 spiro atoms. The standard InChI is InChI=1S/C8H5ClF3IO/c9-4-5-3-6(13)1-2-7(5)14-8(10,11)12/h1-3H,4H2. The summed E-state index contributed by atoms with van der Waals surface area (Å²) in [5.74, 6) is -0.254. The summed E-state index contributed by atoms with van der Waals surface area (Å²) in [5, 5.41) is 0. The van der Waals surface area contributed by atoms with Crippen molar-refractivity contribution >= 4 is 34.2 Å². The number of rotatable bonds is 2. The minimum absolute atomic E-state index is 0.0117. The summed E-state index contributed by atoms with van der Waals surface area (Å²) < 4.78 is 40.3. The van der Waals surface area contributed by atoms with Crippen molar-refractivity contribution in [3.63, 3.8) is 0 Å². The molecule has 0 heterocycles. The molecule has 0 N–H and O–H groups in total. The van der Waals surface area contributed by atoms with Gasteiger partial charge in [-0.05, 0) is 40.8 Å². The second-order valence-corrected chi connectivity index (χ2v) is 3.95. The van der Waals surface area contributed by atoms with Gasteiger partial charge in [-0.2, -0.15) is 0 Å². The molecule has 0 aliphatic rings. The topological polar surface area (TPSA) is 9.23 Å². The summed E-state index contributed by atoms with van der Waals surface area (Å²) in [6.45, 7) is 0. The van der Waals surface area contributed by atoms with Gasteiger partial charge in [0.25, 0.3) is 0 Å². The molecule has 1 aromatic rings. The fraction of sp³-hybridized carbons (Fsp3) is 0.250. The highest BCUT2D eigenvalue weighted by molar-refractivity contribution is 14.1. The highest BCUT2D eigenvalue weighted by Gasteiger charge is 2.31. The number of benzene rings is 1. The van der Waals surface area contributed by atoms with Crippen LogP contribution in [0.2, 0.25) is 0 Å². The summed E-state index contributed by atoms with van der Waals surface area (Å²) in [6.07, 6.45) is -4.67. The lowest BCUT2D eigenvalue weighted by molar-refractivity contribution is -0.274. The van der Waals surface area contributed by atoms with Crippen molar-refractivity contribution in [1.29, 1.82) is 0 Å². The van der Waals surface area contributed by atoms with E-state index in [-0.39, 0.29) is 11.6 Å². The molecule has 1 nitrogen and oxygen atoms in total. The highest BCUT2D eigenvalue weighted by Crippen LogP contribution is 2.28. The van der Waals surface area contributed by atoms with Crippen LogP contribution in [0.15, 0.2) is 18.2 Å². The van der Waals surface area contributed by atoms with E-state index in [4.69, 9.17) is 11.6 Å². The van der Waals surface area contributed by atoms with Crippen LogP contribution in [0.3, 0.4) is 0 Å². The molecular formula is C8H5ClF3IO. The van der Waals surface area contributed by atoms with Crippen LogP contribution in [-0.2, 0) is 5.88 Å². The molecule has 78 valence electrons. The Bertz CT molecular complexity index is 327. The smallest absolute Gasteiger partial charge is 0.405 e. The summed E-state index contributed by atoms with van der Waals surface area (Å²) in [7, 11) is 0. The van der Waals surface area contributed by atoms with E-state index in [1.807, 2.05) is 22.6 Å². The lowest BCUT2D eigenvalue weighted by Gasteiger charge is -2.11. The van der Waals surface area contributed by atoms with Crippen molar-refractivity contribution in [3.8, 4) is 5.75 Å². The number of hydrogen-bond donors (Lipinski definition) is 0. The van der Waals surface area contributed by atoms with Gasteiger partial charge in [-0.3, -0.25) is 0 Å². The van der Waals surface area contributed by atoms with E-state index in [1.54, 1.807) is 6.07 Å². The molecule has 0 bridgehead atoms. The molecule has 0 atom stereocenters. The molecule has 1 aromatic carbocycles. The van der Waals surface area contributed by atoms with Crippen LogP contribution in [0, 0.1) is 3.57 Å². The van der Waals surface area contributed by atoms with Gasteiger partial charge >= 0.3 is 6.36 Å². The van der Waals surface area contributed by atoms with E-state index in [0.717, 1.165) is 3.57 Å². The van der Waals surface area contributed by atoms with Gasteiger partial charge in [0.05, 0.1) is 5.88 Å². The molecule has 14 heavy (non-hydrogen) atoms. The van der Waals surface area contributed by atoms with Crippen molar-refractivity contribution < 1.29 is 17.9 Å². The van der Waals surface area contributed by atoms with Crippen molar-refractivity contribution in [3.05, 3.63) is 27.3 Å². The van der Waals surface area contributed by atoms with E-state index in [9.17, 15) is 13.2 Å². The first-order chi connectivity index (χ1) is 6.42. The zero-order valence-electron chi connectivity index (χ0n) is 6.74. The highest BCUT2D eigenvalue weighted by atomic mass is 127. The molecule has 0 amide bonds. The molecule has 0 fully saturated rings. The molecule has 0 saturated carbocycles. The number of halogens is 5. The second-order valence-electron chi connectivity index (χ2n) is 2.43. The fourth-order valence-corrected chi connectivity index (χ4v) is 1.64. The maximum Gasteiger partial charge on any atom is 0.573 e. The van der Waals surface area contributed by atoms with E-state index >= 15 is 0 Å². The zero-order chi connectivity index (χ0) is 10.8. The van der Waals surface area contributed by atoms with Gasteiger partial charge in [-0.15, -0.1) is 24.8 Å². The van der Waals surface area contributed by atoms with Gasteiger partial charge in [0.2, 0.25) is 0 Å². The maximum atomic E-state index is 11.9. The van der Waals surface area contributed by atoms with E-state index in [1.165, 1.54) is 12.1 Å². The van der Waals surface area contributed by atoms with Gasteiger partial charge in [0, 0.05) is 9.13 Å². The Kier molecular flexibility index (Phi) is 3.88. The van der Waals surface area contributed by atoms with Gasteiger partial charge in [0.1, 0.15) is 5.75 Å². The molecular weight excluding hydrogens is 331 g/mol. The third-order valence-corrected chi connectivity index (χ3v) is 2.35. The van der Waals surface area contributed by atoms with Gasteiger partial charge < -0.3 is 4.74 Å². The SMILES string of the molecule is FC(F)(F)Oc1ccc(I)cc1CCl. The Labute approximate surface area is 97.3 Å². The largest absolute Gasteiger partial charge is 0.573 e. The summed E-state index contributed by atoms with van der Waals surface area (Å²) >= 11 is 7.47. The molecule has 0 unspecified atom stereocenters. The third-order valence-electron chi connectivity index (χ3n) is 1.39. The molecule has 0 aliphatic carbocycles. The van der Waals surface area contributed by atoms with E-state index in [0.29, 0.717) is 5.56 Å². The monoisotopic (exact) mass is 336 g/mol. The summed E-state index contributed by atoms with van der Waals surface area (Å²) in [4.78, 5) is 0. The molecule has 0 aromatic heterocycles. The fourth-order valence-electron chi connectivity index (χ4n) is 0.877. The Morgan fingerprint density at radius 3 is 2.50 bits per heavy atom. The van der Waals surface area contributed by atoms with Crippen molar-refractivity contribution in [2.75, 3.05) is 0 Å². The van der Waals surface area contributed by atoms with Crippen LogP contribution in [0.1, 0.15) is 5.56 Å². The summed E-state index contributed by atoms with van der Waals surface area (Å²) in [5.41, 5.74) is 0.330. The second kappa shape index (κ2) is 4.57.